The Morgan fingerprint density at radius 2 is 1.96 bits per heavy atom. The van der Waals surface area contributed by atoms with E-state index in [9.17, 15) is 8.42 Å². The average molecular weight is 428 g/mol. The molecule has 1 aromatic carbocycles. The van der Waals surface area contributed by atoms with Crippen molar-refractivity contribution in [2.75, 3.05) is 4.72 Å². The molecule has 1 N–H and O–H groups in total. The third-order valence-electron chi connectivity index (χ3n) is 3.28. The molecule has 3 aromatic rings. The highest BCUT2D eigenvalue weighted by Crippen LogP contribution is 2.34. The van der Waals surface area contributed by atoms with Crippen LogP contribution in [0.15, 0.2) is 38.2 Å². The number of sulfonamides is 1. The van der Waals surface area contributed by atoms with Crippen LogP contribution in [-0.4, -0.2) is 18.6 Å². The summed E-state index contributed by atoms with van der Waals surface area (Å²) in [7, 11) is -3.72. The van der Waals surface area contributed by atoms with E-state index < -0.39 is 10.0 Å². The van der Waals surface area contributed by atoms with Gasteiger partial charge in [0.05, 0.1) is 10.6 Å². The maximum atomic E-state index is 12.7. The molecule has 0 spiro atoms. The molecule has 0 aliphatic heterocycles. The van der Waals surface area contributed by atoms with E-state index in [0.717, 1.165) is 5.56 Å². The number of benzene rings is 1. The number of thiophene rings is 1. The van der Waals surface area contributed by atoms with Crippen molar-refractivity contribution < 1.29 is 12.9 Å². The highest BCUT2D eigenvalue weighted by Gasteiger charge is 2.23. The number of nitrogens with one attached hydrogen (secondary N) is 1. The Morgan fingerprint density at radius 1 is 1.21 bits per heavy atom. The second-order valence-electron chi connectivity index (χ2n) is 5.26. The molecule has 0 unspecified atom stereocenters. The number of halogens is 1. The minimum absolute atomic E-state index is 0.206. The maximum Gasteiger partial charge on any atom is 0.263 e. The molecule has 3 rings (SSSR count). The minimum atomic E-state index is -3.72. The third kappa shape index (κ3) is 3.38. The number of hydrogen-bond acceptors (Lipinski definition) is 6. The van der Waals surface area contributed by atoms with Gasteiger partial charge in [0.15, 0.2) is 0 Å². The van der Waals surface area contributed by atoms with Crippen molar-refractivity contribution in [1.29, 1.82) is 0 Å². The predicted molar refractivity (Wildman–Crippen MR) is 96.8 cm³/mol. The normalized spacial score (nSPS) is 11.7. The summed E-state index contributed by atoms with van der Waals surface area (Å²) >= 11 is 4.69. The van der Waals surface area contributed by atoms with Gasteiger partial charge in [-0.3, -0.25) is 4.72 Å². The van der Waals surface area contributed by atoms with Crippen molar-refractivity contribution in [3.63, 3.8) is 0 Å². The fourth-order valence-electron chi connectivity index (χ4n) is 2.14. The minimum Gasteiger partial charge on any atom is -0.339 e. The fraction of sp³-hybridized carbons (Fsp3) is 0.200. The van der Waals surface area contributed by atoms with Crippen LogP contribution in [0.2, 0.25) is 0 Å². The molecule has 0 fully saturated rings. The van der Waals surface area contributed by atoms with Gasteiger partial charge in [0.1, 0.15) is 4.90 Å². The van der Waals surface area contributed by atoms with Crippen LogP contribution in [0.5, 0.6) is 0 Å². The molecule has 0 amide bonds. The summed E-state index contributed by atoms with van der Waals surface area (Å²) < 4.78 is 33.7. The molecule has 126 valence electrons. The third-order valence-corrected chi connectivity index (χ3v) is 6.60. The van der Waals surface area contributed by atoms with Crippen LogP contribution in [0.3, 0.4) is 0 Å². The number of nitrogens with zero attached hydrogens (tertiary/aromatic N) is 2. The molecule has 2 heterocycles. The Balaban J connectivity index is 1.96. The van der Waals surface area contributed by atoms with E-state index in [4.69, 9.17) is 4.52 Å². The number of hydrogen-bond donors (Lipinski definition) is 1. The highest BCUT2D eigenvalue weighted by atomic mass is 79.9. The Morgan fingerprint density at radius 3 is 2.58 bits per heavy atom. The van der Waals surface area contributed by atoms with Gasteiger partial charge in [0, 0.05) is 16.3 Å². The van der Waals surface area contributed by atoms with E-state index in [1.54, 1.807) is 26.0 Å². The van der Waals surface area contributed by atoms with Crippen molar-refractivity contribution in [1.82, 2.24) is 10.1 Å². The molecule has 0 aliphatic rings. The number of aryl methyl sites for hydroxylation is 3. The first-order valence-corrected chi connectivity index (χ1v) is 10.1. The van der Waals surface area contributed by atoms with Gasteiger partial charge in [-0.25, -0.2) is 8.42 Å². The van der Waals surface area contributed by atoms with Crippen molar-refractivity contribution in [3.8, 4) is 10.7 Å². The van der Waals surface area contributed by atoms with Crippen LogP contribution in [0, 0.1) is 20.8 Å². The van der Waals surface area contributed by atoms with Crippen LogP contribution in [0.25, 0.3) is 10.7 Å². The molecule has 9 heteroatoms. The van der Waals surface area contributed by atoms with Crippen LogP contribution in [0.1, 0.15) is 16.3 Å². The molecular formula is C15H14BrN3O3S2. The standard InChI is InChI=1S/C15H14BrN3O3S2/c1-8-4-5-12(11(16)6-8)19-24(20,21)14-7-13(23-9(14)2)15-17-10(3)22-18-15/h4-7,19H,1-3H3. The molecule has 24 heavy (non-hydrogen) atoms. The lowest BCUT2D eigenvalue weighted by atomic mass is 10.2. The first-order chi connectivity index (χ1) is 11.3. The summed E-state index contributed by atoms with van der Waals surface area (Å²) in [4.78, 5) is 5.64. The van der Waals surface area contributed by atoms with Crippen molar-refractivity contribution in [3.05, 3.63) is 45.1 Å². The van der Waals surface area contributed by atoms with Crippen LogP contribution in [0.4, 0.5) is 5.69 Å². The number of anilines is 1. The van der Waals surface area contributed by atoms with E-state index in [-0.39, 0.29) is 4.90 Å². The lowest BCUT2D eigenvalue weighted by molar-refractivity contribution is 0.394. The van der Waals surface area contributed by atoms with E-state index in [1.165, 1.54) is 11.3 Å². The van der Waals surface area contributed by atoms with E-state index in [1.807, 2.05) is 19.1 Å². The number of aromatic nitrogens is 2. The maximum absolute atomic E-state index is 12.7. The molecular weight excluding hydrogens is 414 g/mol. The molecule has 0 saturated carbocycles. The van der Waals surface area contributed by atoms with Gasteiger partial charge in [0.2, 0.25) is 11.7 Å². The Bertz CT molecular complexity index is 1010. The zero-order valence-corrected chi connectivity index (χ0v) is 16.3. The monoisotopic (exact) mass is 427 g/mol. The summed E-state index contributed by atoms with van der Waals surface area (Å²) in [6.07, 6.45) is 0. The van der Waals surface area contributed by atoms with Crippen molar-refractivity contribution in [2.24, 2.45) is 0 Å². The Labute approximate surface area is 152 Å². The zero-order chi connectivity index (χ0) is 17.5. The van der Waals surface area contributed by atoms with Gasteiger partial charge >= 0.3 is 0 Å². The molecule has 6 nitrogen and oxygen atoms in total. The largest absolute Gasteiger partial charge is 0.339 e. The smallest absolute Gasteiger partial charge is 0.263 e. The zero-order valence-electron chi connectivity index (χ0n) is 13.1. The average Bonchev–Trinajstić information content (AvgIpc) is 3.08. The summed E-state index contributed by atoms with van der Waals surface area (Å²) in [6.45, 7) is 5.37. The molecule has 0 saturated heterocycles. The van der Waals surface area contributed by atoms with E-state index >= 15 is 0 Å². The fourth-order valence-corrected chi connectivity index (χ4v) is 5.47. The second kappa shape index (κ2) is 6.30. The van der Waals surface area contributed by atoms with Crippen LogP contribution >= 0.6 is 27.3 Å². The lowest BCUT2D eigenvalue weighted by Gasteiger charge is -2.10. The summed E-state index contributed by atoms with van der Waals surface area (Å²) in [5, 5.41) is 3.83. The van der Waals surface area contributed by atoms with Gasteiger partial charge < -0.3 is 4.52 Å². The molecule has 2 aromatic heterocycles. The van der Waals surface area contributed by atoms with Gasteiger partial charge in [-0.1, -0.05) is 11.2 Å². The topological polar surface area (TPSA) is 85.1 Å². The number of rotatable bonds is 4. The molecule has 0 radical (unpaired) electrons. The van der Waals surface area contributed by atoms with Gasteiger partial charge in [0.25, 0.3) is 10.0 Å². The summed E-state index contributed by atoms with van der Waals surface area (Å²) in [6, 6.07) is 6.99. The first kappa shape index (κ1) is 17.1. The summed E-state index contributed by atoms with van der Waals surface area (Å²) in [5.41, 5.74) is 1.52. The van der Waals surface area contributed by atoms with Gasteiger partial charge in [-0.2, -0.15) is 4.98 Å². The highest BCUT2D eigenvalue weighted by molar-refractivity contribution is 9.10. The van der Waals surface area contributed by atoms with Crippen molar-refractivity contribution in [2.45, 2.75) is 25.7 Å². The second-order valence-corrected chi connectivity index (χ2v) is 9.02. The van der Waals surface area contributed by atoms with Gasteiger partial charge in [-0.05, 0) is 53.5 Å². The van der Waals surface area contributed by atoms with E-state index in [0.29, 0.717) is 31.6 Å². The van der Waals surface area contributed by atoms with Crippen LogP contribution < -0.4 is 4.72 Å². The Hall–Kier alpha value is -1.71. The predicted octanol–water partition coefficient (Wildman–Crippen LogP) is 4.29. The van der Waals surface area contributed by atoms with Crippen LogP contribution in [-0.2, 0) is 10.0 Å². The van der Waals surface area contributed by atoms with Gasteiger partial charge in [-0.15, -0.1) is 11.3 Å². The quantitative estimate of drug-likeness (QED) is 0.670. The SMILES string of the molecule is Cc1ccc(NS(=O)(=O)c2cc(-c3noc(C)n3)sc2C)c(Br)c1. The van der Waals surface area contributed by atoms with E-state index in [2.05, 4.69) is 30.8 Å². The molecule has 0 atom stereocenters. The molecule has 0 aliphatic carbocycles. The first-order valence-electron chi connectivity index (χ1n) is 6.96. The summed E-state index contributed by atoms with van der Waals surface area (Å²) in [5.74, 6) is 0.820. The Kier molecular flexibility index (Phi) is 4.50. The van der Waals surface area contributed by atoms with Crippen molar-refractivity contribution >= 4 is 43.0 Å². The molecule has 0 bridgehead atoms. The lowest BCUT2D eigenvalue weighted by Crippen LogP contribution is -2.13.